The molecule has 2 aromatic heterocycles. The molecule has 62 heavy (non-hydrogen) atoms. The van der Waals surface area contributed by atoms with E-state index in [1.165, 1.54) is 33.2 Å². The normalized spacial score (nSPS) is 13.1. The van der Waals surface area contributed by atoms with Crippen LogP contribution in [-0.2, 0) is 5.41 Å². The van der Waals surface area contributed by atoms with Gasteiger partial charge < -0.3 is 13.7 Å². The third-order valence-electron chi connectivity index (χ3n) is 13.5. The highest BCUT2D eigenvalue weighted by molar-refractivity contribution is 6.21. The van der Waals surface area contributed by atoms with Crippen LogP contribution in [0.25, 0.3) is 98.8 Å². The summed E-state index contributed by atoms with van der Waals surface area (Å²) < 4.78 is 13.4. The molecule has 0 atom stereocenters. The van der Waals surface area contributed by atoms with Crippen LogP contribution in [0.5, 0.6) is 0 Å². The number of para-hydroxylation sites is 1. The molecule has 0 bridgehead atoms. The molecule has 0 N–H and O–H groups in total. The zero-order chi connectivity index (χ0) is 41.1. The van der Waals surface area contributed by atoms with Gasteiger partial charge in [0.2, 0.25) is 0 Å². The molecule has 0 unspecified atom stereocenters. The maximum absolute atomic E-state index is 6.80. The first-order valence-electron chi connectivity index (χ1n) is 21.4. The first-order valence-corrected chi connectivity index (χ1v) is 21.4. The molecule has 1 aliphatic carbocycles. The van der Waals surface area contributed by atoms with Crippen molar-refractivity contribution in [2.24, 2.45) is 0 Å². The van der Waals surface area contributed by atoms with Gasteiger partial charge in [0.1, 0.15) is 22.3 Å². The molecule has 0 saturated carbocycles. The molecule has 0 fully saturated rings. The van der Waals surface area contributed by atoms with Gasteiger partial charge in [-0.2, -0.15) is 0 Å². The quantitative estimate of drug-likeness (QED) is 0.174. The summed E-state index contributed by atoms with van der Waals surface area (Å²) in [6, 6.07) is 72.4. The van der Waals surface area contributed by atoms with Crippen LogP contribution in [0.15, 0.2) is 209 Å². The van der Waals surface area contributed by atoms with Crippen molar-refractivity contribution in [1.82, 2.24) is 0 Å². The Morgan fingerprint density at radius 1 is 0.371 bits per heavy atom. The molecule has 1 aliphatic rings. The van der Waals surface area contributed by atoms with E-state index in [1.54, 1.807) is 0 Å². The fraction of sp³-hybridized carbons (Fsp3) is 0.0508. The second kappa shape index (κ2) is 13.1. The molecule has 12 aromatic rings. The number of hydrogen-bond donors (Lipinski definition) is 0. The van der Waals surface area contributed by atoms with Gasteiger partial charge in [0, 0.05) is 43.6 Å². The van der Waals surface area contributed by atoms with Gasteiger partial charge in [-0.15, -0.1) is 0 Å². The molecule has 10 aromatic carbocycles. The summed E-state index contributed by atoms with van der Waals surface area (Å²) in [5, 5.41) is 9.00. The van der Waals surface area contributed by atoms with E-state index in [0.29, 0.717) is 0 Å². The van der Waals surface area contributed by atoms with E-state index >= 15 is 0 Å². The molecule has 0 amide bonds. The molecule has 2 heterocycles. The predicted molar refractivity (Wildman–Crippen MR) is 259 cm³/mol. The van der Waals surface area contributed by atoms with Crippen LogP contribution >= 0.6 is 0 Å². The van der Waals surface area contributed by atoms with E-state index in [4.69, 9.17) is 8.83 Å². The molecule has 0 aliphatic heterocycles. The predicted octanol–water partition coefficient (Wildman–Crippen LogP) is 16.9. The summed E-state index contributed by atoms with van der Waals surface area (Å²) >= 11 is 0. The summed E-state index contributed by atoms with van der Waals surface area (Å²) in [5.41, 5.74) is 16.6. The molecule has 0 spiro atoms. The summed E-state index contributed by atoms with van der Waals surface area (Å²) in [6.45, 7) is 4.70. The lowest BCUT2D eigenvalue weighted by atomic mass is 9.82. The minimum absolute atomic E-state index is 0.118. The molecular formula is C59H39NO2. The molecule has 13 rings (SSSR count). The van der Waals surface area contributed by atoms with Gasteiger partial charge in [-0.05, 0) is 98.2 Å². The van der Waals surface area contributed by atoms with Crippen molar-refractivity contribution in [2.75, 3.05) is 4.90 Å². The lowest BCUT2D eigenvalue weighted by Crippen LogP contribution is -2.15. The number of rotatable bonds is 5. The van der Waals surface area contributed by atoms with Gasteiger partial charge in [-0.25, -0.2) is 0 Å². The van der Waals surface area contributed by atoms with Crippen molar-refractivity contribution in [3.63, 3.8) is 0 Å². The Balaban J connectivity index is 1.05. The van der Waals surface area contributed by atoms with Gasteiger partial charge in [-0.3, -0.25) is 0 Å². The van der Waals surface area contributed by atoms with E-state index in [2.05, 4.69) is 219 Å². The average molecular weight is 794 g/mol. The molecule has 3 heteroatoms. The Kier molecular flexibility index (Phi) is 7.36. The van der Waals surface area contributed by atoms with Crippen LogP contribution in [0, 0.1) is 0 Å². The van der Waals surface area contributed by atoms with Gasteiger partial charge in [0.25, 0.3) is 0 Å². The second-order valence-corrected chi connectivity index (χ2v) is 17.2. The van der Waals surface area contributed by atoms with E-state index in [-0.39, 0.29) is 5.41 Å². The highest BCUT2D eigenvalue weighted by Crippen LogP contribution is 2.54. The average Bonchev–Trinajstić information content (AvgIpc) is 3.98. The lowest BCUT2D eigenvalue weighted by molar-refractivity contribution is 0.660. The minimum Gasteiger partial charge on any atom is -0.455 e. The topological polar surface area (TPSA) is 29.5 Å². The van der Waals surface area contributed by atoms with Gasteiger partial charge in [0.15, 0.2) is 0 Å². The van der Waals surface area contributed by atoms with Crippen LogP contribution in [0.2, 0.25) is 0 Å². The third-order valence-corrected chi connectivity index (χ3v) is 13.5. The molecule has 0 saturated heterocycles. The van der Waals surface area contributed by atoms with Crippen LogP contribution in [0.1, 0.15) is 25.0 Å². The van der Waals surface area contributed by atoms with E-state index in [1.807, 2.05) is 0 Å². The molecule has 3 nitrogen and oxygen atoms in total. The van der Waals surface area contributed by atoms with Crippen molar-refractivity contribution < 1.29 is 8.83 Å². The first kappa shape index (κ1) is 34.9. The number of furan rings is 2. The fourth-order valence-corrected chi connectivity index (χ4v) is 10.6. The van der Waals surface area contributed by atoms with Crippen molar-refractivity contribution in [2.45, 2.75) is 19.3 Å². The number of nitrogens with zero attached hydrogens (tertiary/aromatic N) is 1. The number of benzene rings is 10. The minimum atomic E-state index is -0.118. The highest BCUT2D eigenvalue weighted by Gasteiger charge is 2.37. The Labute approximate surface area is 358 Å². The van der Waals surface area contributed by atoms with Crippen molar-refractivity contribution in [1.29, 1.82) is 0 Å². The second-order valence-electron chi connectivity index (χ2n) is 17.2. The molecular weight excluding hydrogens is 755 g/mol. The van der Waals surface area contributed by atoms with Gasteiger partial charge in [0.05, 0.1) is 16.8 Å². The maximum Gasteiger partial charge on any atom is 0.143 e. The van der Waals surface area contributed by atoms with E-state index in [9.17, 15) is 0 Å². The van der Waals surface area contributed by atoms with Crippen LogP contribution in [0.4, 0.5) is 17.1 Å². The van der Waals surface area contributed by atoms with Crippen molar-refractivity contribution >= 4 is 82.5 Å². The van der Waals surface area contributed by atoms with Gasteiger partial charge >= 0.3 is 0 Å². The van der Waals surface area contributed by atoms with E-state index in [0.717, 1.165) is 93.8 Å². The molecule has 0 radical (unpaired) electrons. The summed E-state index contributed by atoms with van der Waals surface area (Å²) in [7, 11) is 0. The number of hydrogen-bond acceptors (Lipinski definition) is 3. The summed E-state index contributed by atoms with van der Waals surface area (Å²) in [4.78, 5) is 2.44. The van der Waals surface area contributed by atoms with Crippen LogP contribution < -0.4 is 4.90 Å². The summed E-state index contributed by atoms with van der Waals surface area (Å²) in [5.74, 6) is 0. The van der Waals surface area contributed by atoms with Crippen molar-refractivity contribution in [3.8, 4) is 33.4 Å². The SMILES string of the molecule is CC1(C)c2ccccc2-c2c(-c3ccccc3N(c3ccc(-c4cccc5oc6c7ccccc7ccc6c45)cc3)c3cccc4oc5c6ccccc6ccc5c34)cccc21. The van der Waals surface area contributed by atoms with Crippen LogP contribution in [0.3, 0.4) is 0 Å². The zero-order valence-electron chi connectivity index (χ0n) is 34.3. The Bertz CT molecular complexity index is 3790. The standard InChI is InChI=1S/C59H39NO2/c1-59(2)48-22-9-7-19-45(48)54-44(21-11-23-49(54)59)43-18-8-10-24-50(43)60(51-25-13-27-53-56(51)47-35-31-37-15-4-6-17-42(37)58(47)62-53)39-32-28-38(29-33-39)40-20-12-26-52-55(40)46-34-30-36-14-3-5-16-41(36)57(46)61-52/h3-35H,1-2H3. The van der Waals surface area contributed by atoms with E-state index < -0.39 is 0 Å². The Hall–Kier alpha value is -7.88. The van der Waals surface area contributed by atoms with Crippen molar-refractivity contribution in [3.05, 3.63) is 211 Å². The molecule has 292 valence electrons. The Morgan fingerprint density at radius 2 is 0.903 bits per heavy atom. The maximum atomic E-state index is 6.80. The van der Waals surface area contributed by atoms with Gasteiger partial charge in [-0.1, -0.05) is 166 Å². The number of anilines is 3. The first-order chi connectivity index (χ1) is 30.5. The lowest BCUT2D eigenvalue weighted by Gasteiger charge is -2.29. The van der Waals surface area contributed by atoms with Crippen LogP contribution in [-0.4, -0.2) is 0 Å². The fourth-order valence-electron chi connectivity index (χ4n) is 10.6. The monoisotopic (exact) mass is 793 g/mol. The third kappa shape index (κ3) is 4.94. The smallest absolute Gasteiger partial charge is 0.143 e. The summed E-state index contributed by atoms with van der Waals surface area (Å²) in [6.07, 6.45) is 0. The highest BCUT2D eigenvalue weighted by atomic mass is 16.3. The zero-order valence-corrected chi connectivity index (χ0v) is 34.3. The number of fused-ring (bicyclic) bond motifs is 13. The largest absolute Gasteiger partial charge is 0.455 e. The Morgan fingerprint density at radius 3 is 1.65 bits per heavy atom.